The number of benzene rings is 2. The minimum atomic E-state index is -0.507. The van der Waals surface area contributed by atoms with Crippen LogP contribution in [0.1, 0.15) is 5.56 Å². The van der Waals surface area contributed by atoms with Crippen molar-refractivity contribution < 1.29 is 13.9 Å². The van der Waals surface area contributed by atoms with E-state index < -0.39 is 11.7 Å². The first-order valence-electron chi connectivity index (χ1n) is 9.44. The fourth-order valence-corrected chi connectivity index (χ4v) is 4.83. The van der Waals surface area contributed by atoms with Gasteiger partial charge in [-0.2, -0.15) is 0 Å². The fourth-order valence-electron chi connectivity index (χ4n) is 3.09. The molecular formula is C22H17ClFN3O3S2. The normalized spacial score (nSPS) is 11.0. The summed E-state index contributed by atoms with van der Waals surface area (Å²) < 4.78 is 20.9. The average molecular weight is 490 g/mol. The third kappa shape index (κ3) is 4.79. The van der Waals surface area contributed by atoms with Crippen molar-refractivity contribution in [1.82, 2.24) is 9.55 Å². The molecule has 0 unspecified atom stereocenters. The van der Waals surface area contributed by atoms with Crippen molar-refractivity contribution in [1.29, 1.82) is 0 Å². The highest BCUT2D eigenvalue weighted by atomic mass is 35.5. The number of carbonyl (C=O) groups is 1. The average Bonchev–Trinajstić information content (AvgIpc) is 3.26. The number of fused-ring (bicyclic) bond motifs is 1. The number of nitrogens with one attached hydrogen (secondary N) is 1. The van der Waals surface area contributed by atoms with Crippen LogP contribution >= 0.6 is 34.7 Å². The number of methoxy groups -OCH3 is 1. The minimum absolute atomic E-state index is 0.0408. The molecule has 32 heavy (non-hydrogen) atoms. The van der Waals surface area contributed by atoms with Crippen molar-refractivity contribution >= 4 is 56.5 Å². The first kappa shape index (κ1) is 22.3. The van der Waals surface area contributed by atoms with E-state index in [0.717, 1.165) is 23.4 Å². The molecule has 1 N–H and O–H groups in total. The van der Waals surface area contributed by atoms with E-state index in [0.29, 0.717) is 21.1 Å². The van der Waals surface area contributed by atoms with Crippen LogP contribution in [0.3, 0.4) is 0 Å². The van der Waals surface area contributed by atoms with E-state index in [9.17, 15) is 14.0 Å². The molecule has 164 valence electrons. The molecule has 4 rings (SSSR count). The number of hydrogen-bond acceptors (Lipinski definition) is 6. The largest absolute Gasteiger partial charge is 0.496 e. The maximum absolute atomic E-state index is 13.5. The van der Waals surface area contributed by atoms with Crippen molar-refractivity contribution in [2.75, 3.05) is 18.2 Å². The molecule has 0 radical (unpaired) electrons. The molecule has 0 spiro atoms. The summed E-state index contributed by atoms with van der Waals surface area (Å²) in [4.78, 5) is 30.2. The number of anilines is 1. The van der Waals surface area contributed by atoms with Crippen LogP contribution in [0, 0.1) is 5.82 Å². The Kier molecular flexibility index (Phi) is 6.78. The molecule has 0 saturated carbocycles. The number of thiophene rings is 1. The number of ether oxygens (including phenoxy) is 1. The van der Waals surface area contributed by atoms with Crippen molar-refractivity contribution in [3.05, 3.63) is 80.7 Å². The SMILES string of the molecule is COc1ccccc1Cn1c(SCC(=O)Nc2cc(F)ccc2Cl)nc2ccsc2c1=O. The maximum atomic E-state index is 13.5. The van der Waals surface area contributed by atoms with Gasteiger partial charge in [-0.25, -0.2) is 9.37 Å². The Balaban J connectivity index is 1.61. The van der Waals surface area contributed by atoms with E-state index in [4.69, 9.17) is 16.3 Å². The van der Waals surface area contributed by atoms with E-state index in [1.807, 2.05) is 24.3 Å². The summed E-state index contributed by atoms with van der Waals surface area (Å²) in [6.45, 7) is 0.239. The number of rotatable bonds is 7. The molecule has 0 saturated heterocycles. The molecule has 2 aromatic carbocycles. The molecule has 2 aromatic heterocycles. The standard InChI is InChI=1S/C22H17ClFN3O3S2/c1-30-18-5-3-2-4-13(18)11-27-21(29)20-16(8-9-31-20)26-22(27)32-12-19(28)25-17-10-14(24)6-7-15(17)23/h2-10H,11-12H2,1H3,(H,25,28). The lowest BCUT2D eigenvalue weighted by molar-refractivity contribution is -0.113. The lowest BCUT2D eigenvalue weighted by atomic mass is 10.2. The Hall–Kier alpha value is -2.88. The van der Waals surface area contributed by atoms with Gasteiger partial charge in [0.2, 0.25) is 5.91 Å². The van der Waals surface area contributed by atoms with Crippen LogP contribution in [-0.4, -0.2) is 28.3 Å². The minimum Gasteiger partial charge on any atom is -0.496 e. The van der Waals surface area contributed by atoms with Gasteiger partial charge in [-0.3, -0.25) is 14.2 Å². The Morgan fingerprint density at radius 1 is 1.28 bits per heavy atom. The summed E-state index contributed by atoms with van der Waals surface area (Å²) in [6, 6.07) is 12.9. The van der Waals surface area contributed by atoms with Crippen LogP contribution < -0.4 is 15.6 Å². The molecule has 4 aromatic rings. The predicted molar refractivity (Wildman–Crippen MR) is 127 cm³/mol. The number of thioether (sulfide) groups is 1. The van der Waals surface area contributed by atoms with E-state index in [1.165, 1.54) is 28.0 Å². The third-order valence-corrected chi connectivity index (χ3v) is 6.78. The van der Waals surface area contributed by atoms with Crippen molar-refractivity contribution in [2.24, 2.45) is 0 Å². The number of nitrogens with zero attached hydrogens (tertiary/aromatic N) is 2. The Morgan fingerprint density at radius 2 is 2.09 bits per heavy atom. The number of halogens is 2. The first-order chi connectivity index (χ1) is 15.5. The second kappa shape index (κ2) is 9.72. The van der Waals surface area contributed by atoms with Gasteiger partial charge in [-0.05, 0) is 35.7 Å². The van der Waals surface area contributed by atoms with Gasteiger partial charge in [0.25, 0.3) is 5.56 Å². The molecular weight excluding hydrogens is 473 g/mol. The van der Waals surface area contributed by atoms with E-state index in [1.54, 1.807) is 18.6 Å². The molecule has 0 aliphatic rings. The lowest BCUT2D eigenvalue weighted by Crippen LogP contribution is -2.24. The van der Waals surface area contributed by atoms with Crippen molar-refractivity contribution in [3.8, 4) is 5.75 Å². The third-order valence-electron chi connectivity index (χ3n) is 4.59. The first-order valence-corrected chi connectivity index (χ1v) is 11.7. The van der Waals surface area contributed by atoms with Gasteiger partial charge in [0.05, 0.1) is 35.6 Å². The van der Waals surface area contributed by atoms with Crippen molar-refractivity contribution in [3.63, 3.8) is 0 Å². The summed E-state index contributed by atoms with van der Waals surface area (Å²) in [6.07, 6.45) is 0. The molecule has 2 heterocycles. The van der Waals surface area contributed by atoms with E-state index in [-0.39, 0.29) is 28.6 Å². The highest BCUT2D eigenvalue weighted by molar-refractivity contribution is 7.99. The van der Waals surface area contributed by atoms with Gasteiger partial charge in [0.1, 0.15) is 16.3 Å². The fraction of sp³-hybridized carbons (Fsp3) is 0.136. The maximum Gasteiger partial charge on any atom is 0.272 e. The molecule has 0 fully saturated rings. The van der Waals surface area contributed by atoms with Gasteiger partial charge in [-0.15, -0.1) is 11.3 Å². The van der Waals surface area contributed by atoms with E-state index in [2.05, 4.69) is 10.3 Å². The molecule has 0 aliphatic heterocycles. The molecule has 10 heteroatoms. The quantitative estimate of drug-likeness (QED) is 0.291. The second-order valence-corrected chi connectivity index (χ2v) is 8.96. The van der Waals surface area contributed by atoms with E-state index >= 15 is 0 Å². The molecule has 0 atom stereocenters. The number of amides is 1. The Labute approximate surface area is 196 Å². The topological polar surface area (TPSA) is 73.2 Å². The highest BCUT2D eigenvalue weighted by Gasteiger charge is 2.16. The summed E-state index contributed by atoms with van der Waals surface area (Å²) in [5.74, 6) is -0.292. The van der Waals surface area contributed by atoms with Crippen LogP contribution in [0.5, 0.6) is 5.75 Å². The van der Waals surface area contributed by atoms with Gasteiger partial charge in [0, 0.05) is 5.56 Å². The second-order valence-electron chi connectivity index (χ2n) is 6.69. The molecule has 6 nitrogen and oxygen atoms in total. The van der Waals surface area contributed by atoms with Crippen LogP contribution in [-0.2, 0) is 11.3 Å². The molecule has 1 amide bonds. The number of para-hydroxylation sites is 1. The van der Waals surface area contributed by atoms with Crippen LogP contribution in [0.25, 0.3) is 10.2 Å². The van der Waals surface area contributed by atoms with Gasteiger partial charge >= 0.3 is 0 Å². The molecule has 0 bridgehead atoms. The zero-order valence-corrected chi connectivity index (χ0v) is 19.2. The monoisotopic (exact) mass is 489 g/mol. The lowest BCUT2D eigenvalue weighted by Gasteiger charge is -2.14. The Morgan fingerprint density at radius 3 is 2.91 bits per heavy atom. The van der Waals surface area contributed by atoms with Crippen LogP contribution in [0.2, 0.25) is 5.02 Å². The summed E-state index contributed by atoms with van der Waals surface area (Å²) in [5, 5.41) is 5.02. The van der Waals surface area contributed by atoms with Gasteiger partial charge < -0.3 is 10.1 Å². The zero-order valence-electron chi connectivity index (χ0n) is 16.8. The number of carbonyl (C=O) groups excluding carboxylic acids is 1. The predicted octanol–water partition coefficient (Wildman–Crippen LogP) is 5.04. The van der Waals surface area contributed by atoms with Gasteiger partial charge in [0.15, 0.2) is 5.16 Å². The Bertz CT molecular complexity index is 1360. The van der Waals surface area contributed by atoms with Crippen LogP contribution in [0.15, 0.2) is 63.9 Å². The van der Waals surface area contributed by atoms with Gasteiger partial charge in [-0.1, -0.05) is 41.6 Å². The molecule has 0 aliphatic carbocycles. The zero-order chi connectivity index (χ0) is 22.7. The summed E-state index contributed by atoms with van der Waals surface area (Å²) >= 11 is 8.46. The summed E-state index contributed by atoms with van der Waals surface area (Å²) in [5.41, 5.74) is 1.39. The smallest absolute Gasteiger partial charge is 0.272 e. The number of hydrogen-bond donors (Lipinski definition) is 1. The number of aromatic nitrogens is 2. The van der Waals surface area contributed by atoms with Crippen LogP contribution in [0.4, 0.5) is 10.1 Å². The van der Waals surface area contributed by atoms with Crippen molar-refractivity contribution in [2.45, 2.75) is 11.7 Å². The summed E-state index contributed by atoms with van der Waals surface area (Å²) in [7, 11) is 1.57. The highest BCUT2D eigenvalue weighted by Crippen LogP contribution is 2.26.